The van der Waals surface area contributed by atoms with E-state index in [1.165, 1.54) is 5.56 Å². The highest BCUT2D eigenvalue weighted by Crippen LogP contribution is 2.20. The molecule has 6 heteroatoms. The second-order valence-corrected chi connectivity index (χ2v) is 9.18. The van der Waals surface area contributed by atoms with Crippen LogP contribution in [0.15, 0.2) is 53.4 Å². The summed E-state index contributed by atoms with van der Waals surface area (Å²) >= 11 is 0. The van der Waals surface area contributed by atoms with E-state index in [0.717, 1.165) is 50.4 Å². The predicted molar refractivity (Wildman–Crippen MR) is 112 cm³/mol. The number of hydrogen-bond donors (Lipinski definition) is 1. The Morgan fingerprint density at radius 3 is 2.43 bits per heavy atom. The number of nitrogens with one attached hydrogen (secondary N) is 1. The van der Waals surface area contributed by atoms with Crippen molar-refractivity contribution < 1.29 is 13.2 Å². The van der Waals surface area contributed by atoms with Crippen molar-refractivity contribution in [3.63, 3.8) is 0 Å². The van der Waals surface area contributed by atoms with Gasteiger partial charge in [-0.15, -0.1) is 0 Å². The average molecular weight is 403 g/mol. The first kappa shape index (κ1) is 21.0. The molecule has 1 heterocycles. The third kappa shape index (κ3) is 5.64. The van der Waals surface area contributed by atoms with Crippen molar-refractivity contribution in [1.29, 1.82) is 0 Å². The molecule has 1 aliphatic rings. The Bertz CT molecular complexity index is 860. The molecule has 1 fully saturated rings. The molecule has 2 aromatic rings. The van der Waals surface area contributed by atoms with Crippen LogP contribution in [0.1, 0.15) is 42.9 Å². The fourth-order valence-corrected chi connectivity index (χ4v) is 4.35. The zero-order chi connectivity index (χ0) is 20.0. The van der Waals surface area contributed by atoms with Crippen molar-refractivity contribution >= 4 is 10.0 Å². The largest absolute Gasteiger partial charge is 0.379 e. The highest BCUT2D eigenvalue weighted by molar-refractivity contribution is 7.89. The summed E-state index contributed by atoms with van der Waals surface area (Å²) in [6.45, 7) is 8.83. The van der Waals surface area contributed by atoms with Crippen LogP contribution in [-0.4, -0.2) is 39.6 Å². The van der Waals surface area contributed by atoms with E-state index in [1.807, 2.05) is 24.3 Å². The van der Waals surface area contributed by atoms with Crippen molar-refractivity contribution in [2.24, 2.45) is 0 Å². The lowest BCUT2D eigenvalue weighted by Gasteiger charge is -2.26. The molecule has 0 unspecified atom stereocenters. The number of hydrogen-bond acceptors (Lipinski definition) is 4. The molecule has 1 aliphatic heterocycles. The highest BCUT2D eigenvalue weighted by atomic mass is 32.2. The monoisotopic (exact) mass is 402 g/mol. The summed E-state index contributed by atoms with van der Waals surface area (Å²) in [7, 11) is -3.52. The molecular weight excluding hydrogens is 372 g/mol. The first-order chi connectivity index (χ1) is 13.5. The smallest absolute Gasteiger partial charge is 0.240 e. The van der Waals surface area contributed by atoms with Crippen LogP contribution in [0.25, 0.3) is 0 Å². The Labute approximate surface area is 168 Å². The molecular formula is C22H30N2O3S. The minimum absolute atomic E-state index is 0.284. The van der Waals surface area contributed by atoms with Gasteiger partial charge in [-0.2, -0.15) is 0 Å². The van der Waals surface area contributed by atoms with Gasteiger partial charge in [0, 0.05) is 26.2 Å². The van der Waals surface area contributed by atoms with Crippen molar-refractivity contribution in [3.05, 3.63) is 65.2 Å². The Morgan fingerprint density at radius 1 is 1.07 bits per heavy atom. The number of rotatable bonds is 8. The summed E-state index contributed by atoms with van der Waals surface area (Å²) in [6.07, 6.45) is 1.03. The van der Waals surface area contributed by atoms with Crippen LogP contribution in [0, 0.1) is 0 Å². The lowest BCUT2D eigenvalue weighted by Crippen LogP contribution is -2.35. The molecule has 1 N–H and O–H groups in total. The topological polar surface area (TPSA) is 58.6 Å². The average Bonchev–Trinajstić information content (AvgIpc) is 2.73. The van der Waals surface area contributed by atoms with E-state index in [0.29, 0.717) is 10.8 Å². The number of ether oxygens (including phenoxy) is 1. The fourth-order valence-electron chi connectivity index (χ4n) is 3.33. The normalized spacial score (nSPS) is 16.8. The number of morpholine rings is 1. The summed E-state index contributed by atoms with van der Waals surface area (Å²) in [4.78, 5) is 2.66. The van der Waals surface area contributed by atoms with Gasteiger partial charge in [0.25, 0.3) is 0 Å². The number of benzene rings is 2. The van der Waals surface area contributed by atoms with Crippen molar-refractivity contribution in [2.75, 3.05) is 26.3 Å². The van der Waals surface area contributed by atoms with Crippen LogP contribution < -0.4 is 4.72 Å². The summed E-state index contributed by atoms with van der Waals surface area (Å²) < 4.78 is 33.4. The summed E-state index contributed by atoms with van der Waals surface area (Å²) in [5.41, 5.74) is 3.32. The number of nitrogens with zero attached hydrogens (tertiary/aromatic N) is 1. The van der Waals surface area contributed by atoms with Gasteiger partial charge in [0.2, 0.25) is 10.0 Å². The molecule has 0 aliphatic carbocycles. The molecule has 0 radical (unpaired) electrons. The second kappa shape index (κ2) is 9.65. The van der Waals surface area contributed by atoms with Crippen LogP contribution in [-0.2, 0) is 27.8 Å². The Kier molecular flexibility index (Phi) is 7.24. The van der Waals surface area contributed by atoms with Crippen LogP contribution in [0.4, 0.5) is 0 Å². The standard InChI is InChI=1S/C22H30N2O3S/c1-3-18(2)21-7-9-22(10-8-21)28(25,26)23-16-19-5-4-6-20(15-19)17-24-11-13-27-14-12-24/h4-10,15,18,23H,3,11-14,16-17H2,1-2H3/t18-/m1/s1. The summed E-state index contributed by atoms with van der Waals surface area (Å²) in [5.74, 6) is 0.430. The molecule has 3 rings (SSSR count). The molecule has 28 heavy (non-hydrogen) atoms. The lowest BCUT2D eigenvalue weighted by atomic mass is 9.99. The number of sulfonamides is 1. The van der Waals surface area contributed by atoms with Gasteiger partial charge >= 0.3 is 0 Å². The zero-order valence-corrected chi connectivity index (χ0v) is 17.5. The maximum absolute atomic E-state index is 12.6. The first-order valence-electron chi connectivity index (χ1n) is 9.95. The van der Waals surface area contributed by atoms with Crippen LogP contribution >= 0.6 is 0 Å². The first-order valence-corrected chi connectivity index (χ1v) is 11.4. The van der Waals surface area contributed by atoms with Gasteiger partial charge in [0.15, 0.2) is 0 Å². The van der Waals surface area contributed by atoms with Crippen molar-refractivity contribution in [1.82, 2.24) is 9.62 Å². The van der Waals surface area contributed by atoms with E-state index in [4.69, 9.17) is 4.74 Å². The van der Waals surface area contributed by atoms with E-state index >= 15 is 0 Å². The lowest BCUT2D eigenvalue weighted by molar-refractivity contribution is 0.0342. The Balaban J connectivity index is 1.61. The van der Waals surface area contributed by atoms with Gasteiger partial charge in [0.1, 0.15) is 0 Å². The molecule has 2 aromatic carbocycles. The molecule has 1 saturated heterocycles. The molecule has 0 amide bonds. The molecule has 0 bridgehead atoms. The van der Waals surface area contributed by atoms with Crippen molar-refractivity contribution in [2.45, 2.75) is 44.2 Å². The molecule has 0 spiro atoms. The maximum atomic E-state index is 12.6. The van der Waals surface area contributed by atoms with E-state index in [2.05, 4.69) is 35.6 Å². The SMILES string of the molecule is CC[C@@H](C)c1ccc(S(=O)(=O)NCc2cccc(CN3CCOCC3)c2)cc1. The maximum Gasteiger partial charge on any atom is 0.240 e. The van der Waals surface area contributed by atoms with Gasteiger partial charge in [0.05, 0.1) is 18.1 Å². The van der Waals surface area contributed by atoms with Gasteiger partial charge in [-0.3, -0.25) is 4.90 Å². The van der Waals surface area contributed by atoms with Gasteiger partial charge in [-0.1, -0.05) is 50.2 Å². The van der Waals surface area contributed by atoms with Gasteiger partial charge < -0.3 is 4.74 Å². The van der Waals surface area contributed by atoms with Crippen LogP contribution in [0.5, 0.6) is 0 Å². The second-order valence-electron chi connectivity index (χ2n) is 7.41. The molecule has 0 saturated carbocycles. The summed E-state index contributed by atoms with van der Waals surface area (Å²) in [6, 6.07) is 15.3. The van der Waals surface area contributed by atoms with E-state index in [9.17, 15) is 8.42 Å². The third-order valence-electron chi connectivity index (χ3n) is 5.34. The molecule has 152 valence electrons. The Morgan fingerprint density at radius 2 is 1.75 bits per heavy atom. The van der Waals surface area contributed by atoms with E-state index in [1.54, 1.807) is 12.1 Å². The van der Waals surface area contributed by atoms with E-state index < -0.39 is 10.0 Å². The van der Waals surface area contributed by atoms with Crippen LogP contribution in [0.2, 0.25) is 0 Å². The molecule has 1 atom stereocenters. The van der Waals surface area contributed by atoms with Crippen LogP contribution in [0.3, 0.4) is 0 Å². The highest BCUT2D eigenvalue weighted by Gasteiger charge is 2.15. The minimum Gasteiger partial charge on any atom is -0.379 e. The van der Waals surface area contributed by atoms with Crippen molar-refractivity contribution in [3.8, 4) is 0 Å². The third-order valence-corrected chi connectivity index (χ3v) is 6.76. The molecule has 0 aromatic heterocycles. The predicted octanol–water partition coefficient (Wildman–Crippen LogP) is 3.51. The quantitative estimate of drug-likeness (QED) is 0.734. The van der Waals surface area contributed by atoms with Gasteiger partial charge in [-0.25, -0.2) is 13.1 Å². The molecule has 5 nitrogen and oxygen atoms in total. The Hall–Kier alpha value is -1.73. The fraction of sp³-hybridized carbons (Fsp3) is 0.455. The van der Waals surface area contributed by atoms with E-state index in [-0.39, 0.29) is 6.54 Å². The van der Waals surface area contributed by atoms with Gasteiger partial charge in [-0.05, 0) is 41.2 Å². The summed E-state index contributed by atoms with van der Waals surface area (Å²) in [5, 5.41) is 0. The zero-order valence-electron chi connectivity index (χ0n) is 16.7. The minimum atomic E-state index is -3.52.